The van der Waals surface area contributed by atoms with Crippen LogP contribution in [0.1, 0.15) is 11.1 Å². The zero-order valence-electron chi connectivity index (χ0n) is 14.0. The number of rotatable bonds is 3. The van der Waals surface area contributed by atoms with E-state index in [1.54, 1.807) is 13.0 Å². The van der Waals surface area contributed by atoms with Gasteiger partial charge in [0.05, 0.1) is 12.3 Å². The Balaban J connectivity index is 1.81. The SMILES string of the molecule is Cc1cc(C2=C(C3=CC4=C(CO)CNN4C=C3)C=CCN2)ccc1F. The minimum Gasteiger partial charge on any atom is -0.392 e. The van der Waals surface area contributed by atoms with Gasteiger partial charge in [0.1, 0.15) is 5.82 Å². The lowest BCUT2D eigenvalue weighted by Gasteiger charge is -2.24. The number of dihydropyridines is 1. The van der Waals surface area contributed by atoms with E-state index in [4.69, 9.17) is 0 Å². The number of aliphatic hydroxyl groups is 1. The van der Waals surface area contributed by atoms with Crippen molar-refractivity contribution in [2.24, 2.45) is 0 Å². The van der Waals surface area contributed by atoms with Gasteiger partial charge in [-0.3, -0.25) is 5.01 Å². The van der Waals surface area contributed by atoms with E-state index >= 15 is 0 Å². The molecule has 0 aromatic heterocycles. The van der Waals surface area contributed by atoms with Gasteiger partial charge in [0.25, 0.3) is 0 Å². The summed E-state index contributed by atoms with van der Waals surface area (Å²) in [5.74, 6) is -0.195. The number of benzene rings is 1. The van der Waals surface area contributed by atoms with Crippen molar-refractivity contribution in [3.8, 4) is 0 Å². The number of allylic oxidation sites excluding steroid dienone is 5. The molecule has 0 saturated heterocycles. The maximum absolute atomic E-state index is 13.6. The molecular weight excluding hydrogens is 317 g/mol. The largest absolute Gasteiger partial charge is 0.392 e. The lowest BCUT2D eigenvalue weighted by atomic mass is 9.94. The van der Waals surface area contributed by atoms with E-state index in [0.717, 1.165) is 40.2 Å². The number of nitrogens with one attached hydrogen (secondary N) is 2. The van der Waals surface area contributed by atoms with Crippen molar-refractivity contribution in [2.45, 2.75) is 6.92 Å². The van der Waals surface area contributed by atoms with E-state index in [-0.39, 0.29) is 12.4 Å². The van der Waals surface area contributed by atoms with Crippen LogP contribution in [0.25, 0.3) is 5.70 Å². The van der Waals surface area contributed by atoms with Crippen LogP contribution in [0, 0.1) is 12.7 Å². The lowest BCUT2D eigenvalue weighted by molar-refractivity contribution is 0.329. The molecule has 3 aliphatic heterocycles. The third-order valence-electron chi connectivity index (χ3n) is 4.68. The quantitative estimate of drug-likeness (QED) is 0.793. The van der Waals surface area contributed by atoms with Gasteiger partial charge in [0.15, 0.2) is 0 Å². The molecule has 0 atom stereocenters. The molecule has 0 fully saturated rings. The Kier molecular flexibility index (Phi) is 4.03. The maximum Gasteiger partial charge on any atom is 0.126 e. The summed E-state index contributed by atoms with van der Waals surface area (Å²) < 4.78 is 13.6. The predicted molar refractivity (Wildman–Crippen MR) is 96.4 cm³/mol. The third kappa shape index (κ3) is 2.81. The van der Waals surface area contributed by atoms with Crippen molar-refractivity contribution in [3.63, 3.8) is 0 Å². The summed E-state index contributed by atoms with van der Waals surface area (Å²) in [6.45, 7) is 3.20. The van der Waals surface area contributed by atoms with Crippen LogP contribution in [0.3, 0.4) is 0 Å². The van der Waals surface area contributed by atoms with Crippen LogP contribution in [0.15, 0.2) is 71.1 Å². The van der Waals surface area contributed by atoms with Crippen molar-refractivity contribution < 1.29 is 9.50 Å². The number of hydrogen-bond donors (Lipinski definition) is 3. The topological polar surface area (TPSA) is 47.5 Å². The number of halogens is 1. The van der Waals surface area contributed by atoms with Crippen LogP contribution < -0.4 is 10.7 Å². The fraction of sp³-hybridized carbons (Fsp3) is 0.200. The Bertz CT molecular complexity index is 877. The Labute approximate surface area is 146 Å². The average molecular weight is 337 g/mol. The van der Waals surface area contributed by atoms with E-state index in [0.29, 0.717) is 12.1 Å². The Morgan fingerprint density at radius 1 is 1.28 bits per heavy atom. The van der Waals surface area contributed by atoms with Crippen molar-refractivity contribution in [2.75, 3.05) is 19.7 Å². The van der Waals surface area contributed by atoms with Gasteiger partial charge in [0.2, 0.25) is 0 Å². The summed E-state index contributed by atoms with van der Waals surface area (Å²) in [6, 6.07) is 5.18. The molecule has 5 heteroatoms. The van der Waals surface area contributed by atoms with E-state index in [2.05, 4.69) is 29.0 Å². The highest BCUT2D eigenvalue weighted by Crippen LogP contribution is 2.32. The first-order valence-corrected chi connectivity index (χ1v) is 8.34. The standard InChI is InChI=1S/C20H20FN3O/c1-13-9-15(4-5-18(13)21)20-17(3-2-7-22-20)14-6-8-24-19(10-14)16(12-25)11-23-24/h2-6,8-10,22-23,25H,7,11-12H2,1H3. The first kappa shape index (κ1) is 15.9. The Morgan fingerprint density at radius 3 is 2.96 bits per heavy atom. The number of fused-ring (bicyclic) bond motifs is 1. The van der Waals surface area contributed by atoms with Gasteiger partial charge in [-0.2, -0.15) is 0 Å². The molecule has 4 rings (SSSR count). The molecule has 0 bridgehead atoms. The van der Waals surface area contributed by atoms with Crippen LogP contribution >= 0.6 is 0 Å². The molecule has 128 valence electrons. The molecule has 3 N–H and O–H groups in total. The summed E-state index contributed by atoms with van der Waals surface area (Å²) in [5, 5.41) is 14.9. The molecule has 4 nitrogen and oxygen atoms in total. The molecule has 1 aromatic carbocycles. The summed E-state index contributed by atoms with van der Waals surface area (Å²) in [6.07, 6.45) is 10.3. The van der Waals surface area contributed by atoms with Gasteiger partial charge in [-0.15, -0.1) is 0 Å². The van der Waals surface area contributed by atoms with E-state index in [9.17, 15) is 9.50 Å². The minimum absolute atomic E-state index is 0.0353. The normalized spacial score (nSPS) is 19.3. The second kappa shape index (κ2) is 6.35. The van der Waals surface area contributed by atoms with Crippen LogP contribution in [0.4, 0.5) is 4.39 Å². The maximum atomic E-state index is 13.6. The highest BCUT2D eigenvalue weighted by atomic mass is 19.1. The average Bonchev–Trinajstić information content (AvgIpc) is 3.06. The van der Waals surface area contributed by atoms with Crippen LogP contribution in [0.5, 0.6) is 0 Å². The number of hydrogen-bond acceptors (Lipinski definition) is 4. The summed E-state index contributed by atoms with van der Waals surface area (Å²) >= 11 is 0. The van der Waals surface area contributed by atoms with Crippen molar-refractivity contribution in [3.05, 3.63) is 88.1 Å². The summed E-state index contributed by atoms with van der Waals surface area (Å²) in [4.78, 5) is 0. The molecule has 25 heavy (non-hydrogen) atoms. The molecule has 3 aliphatic rings. The van der Waals surface area contributed by atoms with Gasteiger partial charge in [-0.25, -0.2) is 9.82 Å². The Hall–Kier alpha value is -2.63. The molecule has 0 aliphatic carbocycles. The van der Waals surface area contributed by atoms with Crippen molar-refractivity contribution >= 4 is 5.70 Å². The predicted octanol–water partition coefficient (Wildman–Crippen LogP) is 2.52. The highest BCUT2D eigenvalue weighted by molar-refractivity contribution is 5.77. The third-order valence-corrected chi connectivity index (χ3v) is 4.68. The van der Waals surface area contributed by atoms with E-state index in [1.165, 1.54) is 6.07 Å². The van der Waals surface area contributed by atoms with Crippen molar-refractivity contribution in [1.29, 1.82) is 0 Å². The first-order chi connectivity index (χ1) is 12.2. The minimum atomic E-state index is -0.195. The number of hydrazine groups is 1. The first-order valence-electron chi connectivity index (χ1n) is 8.34. The molecule has 0 radical (unpaired) electrons. The molecule has 1 aromatic rings. The molecule has 0 spiro atoms. The second-order valence-corrected chi connectivity index (χ2v) is 6.30. The van der Waals surface area contributed by atoms with Gasteiger partial charge >= 0.3 is 0 Å². The zero-order chi connectivity index (χ0) is 17.4. The highest BCUT2D eigenvalue weighted by Gasteiger charge is 2.23. The Morgan fingerprint density at radius 2 is 2.16 bits per heavy atom. The fourth-order valence-electron chi connectivity index (χ4n) is 3.30. The lowest BCUT2D eigenvalue weighted by Crippen LogP contribution is -2.27. The smallest absolute Gasteiger partial charge is 0.126 e. The number of aliphatic hydroxyl groups excluding tert-OH is 1. The molecule has 0 amide bonds. The van der Waals surface area contributed by atoms with Gasteiger partial charge in [0, 0.05) is 30.6 Å². The van der Waals surface area contributed by atoms with Gasteiger partial charge < -0.3 is 10.4 Å². The second-order valence-electron chi connectivity index (χ2n) is 6.30. The monoisotopic (exact) mass is 337 g/mol. The van der Waals surface area contributed by atoms with Gasteiger partial charge in [-0.05, 0) is 59.5 Å². The summed E-state index contributed by atoms with van der Waals surface area (Å²) in [7, 11) is 0. The molecule has 0 unspecified atom stereocenters. The van der Waals surface area contributed by atoms with Crippen LogP contribution in [0.2, 0.25) is 0 Å². The molecule has 3 heterocycles. The number of nitrogens with zero attached hydrogens (tertiary/aromatic N) is 1. The van der Waals surface area contributed by atoms with Crippen LogP contribution in [-0.4, -0.2) is 29.8 Å². The molecular formula is C20H20FN3O. The fourth-order valence-corrected chi connectivity index (χ4v) is 3.30. The van der Waals surface area contributed by atoms with Gasteiger partial charge in [-0.1, -0.05) is 12.2 Å². The zero-order valence-corrected chi connectivity index (χ0v) is 14.0. The van der Waals surface area contributed by atoms with E-state index < -0.39 is 0 Å². The molecule has 0 saturated carbocycles. The number of aryl methyl sites for hydroxylation is 1. The van der Waals surface area contributed by atoms with E-state index in [1.807, 2.05) is 23.4 Å². The van der Waals surface area contributed by atoms with Crippen molar-refractivity contribution in [1.82, 2.24) is 15.8 Å². The summed E-state index contributed by atoms with van der Waals surface area (Å²) in [5.41, 5.74) is 9.88. The van der Waals surface area contributed by atoms with Crippen LogP contribution in [-0.2, 0) is 0 Å².